The van der Waals surface area contributed by atoms with Gasteiger partial charge in [-0.1, -0.05) is 30.3 Å². The van der Waals surface area contributed by atoms with Crippen LogP contribution in [0.4, 0.5) is 21.0 Å². The van der Waals surface area contributed by atoms with Crippen molar-refractivity contribution >= 4 is 47.1 Å². The van der Waals surface area contributed by atoms with E-state index in [0.29, 0.717) is 34.2 Å². The van der Waals surface area contributed by atoms with E-state index in [1.54, 1.807) is 52.0 Å². The number of nitrogens with zero attached hydrogens (tertiary/aromatic N) is 2. The van der Waals surface area contributed by atoms with Gasteiger partial charge in [0.05, 0.1) is 12.5 Å². The van der Waals surface area contributed by atoms with E-state index in [-0.39, 0.29) is 19.0 Å². The topological polar surface area (TPSA) is 166 Å². The highest BCUT2D eigenvalue weighted by molar-refractivity contribution is 6.08. The van der Waals surface area contributed by atoms with Crippen molar-refractivity contribution in [3.05, 3.63) is 59.7 Å². The number of imide groups is 1. The monoisotopic (exact) mass is 726 g/mol. The molecule has 2 aromatic carbocycles. The smallest absolute Gasteiger partial charge is 0.328 e. The number of rotatable bonds is 12. The first-order chi connectivity index (χ1) is 25.1. The molecule has 4 saturated carbocycles. The maximum Gasteiger partial charge on any atom is 0.328 e. The molecule has 4 N–H and O–H groups in total. The number of hydrogen-bond acceptors (Lipinski definition) is 7. The molecular formula is C40H50N6O7. The first-order valence-corrected chi connectivity index (χ1v) is 18.8. The fourth-order valence-corrected chi connectivity index (χ4v) is 10.0. The fraction of sp³-hybridized carbons (Fsp3) is 0.550. The zero-order chi connectivity index (χ0) is 37.8. The Morgan fingerprint density at radius 3 is 2.40 bits per heavy atom. The standard InChI is InChI=1S/C40H50N6O7/c1-22(2)53-33(48)17-31(35(49)44-34-26-14-25-15-27-16-29(34)40(27,18-25)19-26)42-32(47)21-45-36(50)39(4,5)46(38(45)52)20-24-10-12-28(13-11-24)41-37(51)43-30-9-7-6-8-23(30)3/h6-13,22,25-27,29,31,34H,14-21H2,1-5H3,(H,42,47)(H,44,49)(H2,41,43,51)/t25?,26?,27?,29?,31-,34?,40?/m0/s1. The van der Waals surface area contributed by atoms with Gasteiger partial charge in [0.2, 0.25) is 11.8 Å². The second-order valence-corrected chi connectivity index (χ2v) is 16.6. The summed E-state index contributed by atoms with van der Waals surface area (Å²) in [5.74, 6) is -0.0566. The zero-order valence-corrected chi connectivity index (χ0v) is 31.1. The zero-order valence-electron chi connectivity index (χ0n) is 31.1. The number of amides is 7. The van der Waals surface area contributed by atoms with Gasteiger partial charge in [-0.15, -0.1) is 0 Å². The van der Waals surface area contributed by atoms with E-state index in [2.05, 4.69) is 21.3 Å². The van der Waals surface area contributed by atoms with Crippen molar-refractivity contribution < 1.29 is 33.5 Å². The summed E-state index contributed by atoms with van der Waals surface area (Å²) in [6.07, 6.45) is 5.12. The van der Waals surface area contributed by atoms with Crippen molar-refractivity contribution in [3.63, 3.8) is 0 Å². The third-order valence-corrected chi connectivity index (χ3v) is 12.4. The van der Waals surface area contributed by atoms with Gasteiger partial charge in [-0.3, -0.25) is 24.1 Å². The van der Waals surface area contributed by atoms with Gasteiger partial charge in [0.25, 0.3) is 5.91 Å². The lowest BCUT2D eigenvalue weighted by Crippen LogP contribution is -2.56. The lowest BCUT2D eigenvalue weighted by molar-refractivity contribution is -0.150. The average molecular weight is 727 g/mol. The van der Waals surface area contributed by atoms with Gasteiger partial charge in [-0.25, -0.2) is 9.59 Å². The molecule has 7 rings (SSSR count). The van der Waals surface area contributed by atoms with Crippen LogP contribution in [0, 0.1) is 36.0 Å². The van der Waals surface area contributed by atoms with E-state index >= 15 is 0 Å². The number of fused-ring (bicyclic) bond motifs is 2. The Hall–Kier alpha value is -4.94. The van der Waals surface area contributed by atoms with Crippen LogP contribution in [0.25, 0.3) is 0 Å². The van der Waals surface area contributed by atoms with Crippen molar-refractivity contribution in [2.24, 2.45) is 29.1 Å². The number of carbonyl (C=O) groups excluding carboxylic acids is 6. The van der Waals surface area contributed by atoms with Crippen LogP contribution in [0.1, 0.15) is 77.3 Å². The Morgan fingerprint density at radius 2 is 1.68 bits per heavy atom. The molecule has 1 aliphatic heterocycles. The highest BCUT2D eigenvalue weighted by Crippen LogP contribution is 2.75. The molecule has 53 heavy (non-hydrogen) atoms. The maximum atomic E-state index is 13.8. The number of ether oxygens (including phenoxy) is 1. The molecule has 2 aromatic rings. The van der Waals surface area contributed by atoms with E-state index in [9.17, 15) is 28.8 Å². The normalized spacial score (nSPS) is 28.0. The molecule has 4 aliphatic carbocycles. The predicted octanol–water partition coefficient (Wildman–Crippen LogP) is 4.95. The van der Waals surface area contributed by atoms with Crippen LogP contribution in [0.2, 0.25) is 0 Å². The first-order valence-electron chi connectivity index (χ1n) is 18.8. The molecule has 5 aliphatic rings. The van der Waals surface area contributed by atoms with Gasteiger partial charge in [-0.2, -0.15) is 0 Å². The lowest BCUT2D eigenvalue weighted by atomic mass is 9.55. The summed E-state index contributed by atoms with van der Waals surface area (Å²) in [5.41, 5.74) is 1.94. The molecule has 282 valence electrons. The molecule has 13 nitrogen and oxygen atoms in total. The Bertz CT molecular complexity index is 1830. The van der Waals surface area contributed by atoms with Crippen LogP contribution in [0.5, 0.6) is 0 Å². The molecule has 5 fully saturated rings. The minimum absolute atomic E-state index is 0.0150. The Kier molecular flexibility index (Phi) is 9.48. The highest BCUT2D eigenvalue weighted by Gasteiger charge is 2.70. The van der Waals surface area contributed by atoms with Crippen molar-refractivity contribution in [2.45, 2.75) is 103 Å². The largest absolute Gasteiger partial charge is 0.463 e. The van der Waals surface area contributed by atoms with Crippen molar-refractivity contribution in [1.29, 1.82) is 0 Å². The third kappa shape index (κ3) is 6.86. The summed E-state index contributed by atoms with van der Waals surface area (Å²) in [6, 6.07) is 12.1. The van der Waals surface area contributed by atoms with Gasteiger partial charge >= 0.3 is 18.0 Å². The molecule has 7 amide bonds. The summed E-state index contributed by atoms with van der Waals surface area (Å²) >= 11 is 0. The second kappa shape index (κ2) is 13.8. The number of nitrogens with one attached hydrogen (secondary N) is 4. The summed E-state index contributed by atoms with van der Waals surface area (Å²) in [7, 11) is 0. The van der Waals surface area contributed by atoms with Crippen molar-refractivity contribution in [1.82, 2.24) is 20.4 Å². The van der Waals surface area contributed by atoms with Crippen LogP contribution in [0.15, 0.2) is 48.5 Å². The van der Waals surface area contributed by atoms with E-state index in [0.717, 1.165) is 41.6 Å². The quantitative estimate of drug-likeness (QED) is 0.178. The van der Waals surface area contributed by atoms with Gasteiger partial charge in [0, 0.05) is 24.0 Å². The second-order valence-electron chi connectivity index (χ2n) is 16.6. The summed E-state index contributed by atoms with van der Waals surface area (Å²) < 4.78 is 5.32. The van der Waals surface area contributed by atoms with Gasteiger partial charge in [0.15, 0.2) is 0 Å². The number of para-hydroxylation sites is 1. The number of aryl methyl sites for hydroxylation is 1. The number of carbonyl (C=O) groups is 6. The van der Waals surface area contributed by atoms with Crippen LogP contribution < -0.4 is 21.3 Å². The molecule has 13 heteroatoms. The Labute approximate surface area is 309 Å². The number of urea groups is 2. The summed E-state index contributed by atoms with van der Waals surface area (Å²) in [5, 5.41) is 11.5. The predicted molar refractivity (Wildman–Crippen MR) is 196 cm³/mol. The number of hydrogen-bond donors (Lipinski definition) is 4. The molecule has 1 heterocycles. The van der Waals surface area contributed by atoms with E-state index in [1.807, 2.05) is 31.2 Å². The minimum atomic E-state index is -1.26. The highest BCUT2D eigenvalue weighted by atomic mass is 16.5. The molecule has 7 atom stereocenters. The molecule has 0 aromatic heterocycles. The summed E-state index contributed by atoms with van der Waals surface area (Å²) in [4.78, 5) is 82.1. The number of anilines is 2. The molecule has 3 bridgehead atoms. The SMILES string of the molecule is Cc1ccccc1NC(=O)Nc1ccc(CN2C(=O)N(CC(=O)N[C@@H](CC(=O)OC(C)C)C(=O)NC3C4CC5CC6CC3C6(C5)C4)C(=O)C2(C)C)cc1. The van der Waals surface area contributed by atoms with Crippen LogP contribution >= 0.6 is 0 Å². The molecular weight excluding hydrogens is 676 g/mol. The maximum absolute atomic E-state index is 13.8. The molecule has 6 unspecified atom stereocenters. The van der Waals surface area contributed by atoms with Crippen molar-refractivity contribution in [3.8, 4) is 0 Å². The van der Waals surface area contributed by atoms with Crippen LogP contribution in [-0.2, 0) is 30.5 Å². The first kappa shape index (κ1) is 36.4. The molecule has 0 radical (unpaired) electrons. The average Bonchev–Trinajstić information content (AvgIpc) is 3.46. The minimum Gasteiger partial charge on any atom is -0.463 e. The van der Waals surface area contributed by atoms with Gasteiger partial charge in [-0.05, 0) is 125 Å². The lowest BCUT2D eigenvalue weighted by Gasteiger charge is -2.50. The van der Waals surface area contributed by atoms with Crippen LogP contribution in [0.3, 0.4) is 0 Å². The van der Waals surface area contributed by atoms with Crippen molar-refractivity contribution in [2.75, 3.05) is 17.2 Å². The van der Waals surface area contributed by atoms with Gasteiger partial charge in [0.1, 0.15) is 18.1 Å². The number of esters is 1. The molecule has 1 spiro atoms. The molecule has 1 saturated heterocycles. The summed E-state index contributed by atoms with van der Waals surface area (Å²) in [6.45, 7) is 8.01. The Morgan fingerprint density at radius 1 is 0.943 bits per heavy atom. The third-order valence-electron chi connectivity index (χ3n) is 12.4. The van der Waals surface area contributed by atoms with Gasteiger partial charge < -0.3 is 30.9 Å². The van der Waals surface area contributed by atoms with Crippen LogP contribution in [-0.4, -0.2) is 75.8 Å². The van der Waals surface area contributed by atoms with E-state index < -0.39 is 60.0 Å². The van der Waals surface area contributed by atoms with E-state index in [4.69, 9.17) is 4.74 Å². The van der Waals surface area contributed by atoms with E-state index in [1.165, 1.54) is 17.7 Å². The Balaban J connectivity index is 0.974. The number of benzene rings is 2. The fourth-order valence-electron chi connectivity index (χ4n) is 10.0.